The number of hydrogen-bond donors (Lipinski definition) is 0. The lowest BCUT2D eigenvalue weighted by atomic mass is 9.96. The molecule has 0 aromatic carbocycles. The summed E-state index contributed by atoms with van der Waals surface area (Å²) in [6.07, 6.45) is 2.37. The Kier molecular flexibility index (Phi) is 2.41. The van der Waals surface area contributed by atoms with Gasteiger partial charge in [-0.1, -0.05) is 20.4 Å². The normalized spacial score (nSPS) is 23.8. The Bertz CT molecular complexity index is 399. The lowest BCUT2D eigenvalue weighted by Gasteiger charge is -2.40. The molecular weight excluding hydrogens is 196 g/mol. The Morgan fingerprint density at radius 3 is 2.56 bits per heavy atom. The largest absolute Gasteiger partial charge is 0.331 e. The maximum Gasteiger partial charge on any atom is 0.109 e. The molecular formula is C14H22N2. The van der Waals surface area contributed by atoms with E-state index in [1.165, 1.54) is 17.1 Å². The average Bonchev–Trinajstić information content (AvgIpc) is 2.52. The van der Waals surface area contributed by atoms with Gasteiger partial charge in [0.05, 0.1) is 0 Å². The molecule has 0 aromatic rings. The molecule has 2 heteroatoms. The topological polar surface area (TPSA) is 6.48 Å². The third-order valence-corrected chi connectivity index (χ3v) is 3.66. The quantitative estimate of drug-likeness (QED) is 0.666. The molecule has 0 aliphatic carbocycles. The van der Waals surface area contributed by atoms with Gasteiger partial charge in [-0.25, -0.2) is 0 Å². The molecule has 2 aliphatic rings. The Morgan fingerprint density at radius 1 is 1.38 bits per heavy atom. The number of rotatable bonds is 1. The minimum Gasteiger partial charge on any atom is -0.331 e. The molecule has 0 N–H and O–H groups in total. The first-order valence-electron chi connectivity index (χ1n) is 6.02. The van der Waals surface area contributed by atoms with Gasteiger partial charge in [-0.15, -0.1) is 0 Å². The molecule has 0 atom stereocenters. The van der Waals surface area contributed by atoms with Crippen molar-refractivity contribution in [3.63, 3.8) is 0 Å². The maximum atomic E-state index is 4.21. The minimum absolute atomic E-state index is 0.259. The molecule has 88 valence electrons. The van der Waals surface area contributed by atoms with Crippen molar-refractivity contribution in [2.45, 2.75) is 34.6 Å². The standard InChI is InChI=1S/C14H22N2/c1-7-15-11(3)10(2)12(4)16-9-14(5,6)8-13(15)16/h8H,3,7,9H2,1-2,4-6H3. The molecule has 2 rings (SSSR count). The Morgan fingerprint density at radius 2 is 2.00 bits per heavy atom. The zero-order valence-electron chi connectivity index (χ0n) is 11.1. The van der Waals surface area contributed by atoms with E-state index in [0.717, 1.165) is 18.8 Å². The van der Waals surface area contributed by atoms with Gasteiger partial charge in [0.15, 0.2) is 0 Å². The van der Waals surface area contributed by atoms with Gasteiger partial charge >= 0.3 is 0 Å². The number of nitrogens with zero attached hydrogens (tertiary/aromatic N) is 2. The fourth-order valence-corrected chi connectivity index (χ4v) is 2.58. The summed E-state index contributed by atoms with van der Waals surface area (Å²) < 4.78 is 0. The summed E-state index contributed by atoms with van der Waals surface area (Å²) in [4.78, 5) is 4.74. The first-order valence-corrected chi connectivity index (χ1v) is 6.02. The van der Waals surface area contributed by atoms with E-state index >= 15 is 0 Å². The third kappa shape index (κ3) is 1.48. The fourth-order valence-electron chi connectivity index (χ4n) is 2.58. The minimum atomic E-state index is 0.259. The molecule has 0 saturated heterocycles. The van der Waals surface area contributed by atoms with E-state index in [4.69, 9.17) is 0 Å². The maximum absolute atomic E-state index is 4.21. The average molecular weight is 218 g/mol. The molecule has 2 heterocycles. The van der Waals surface area contributed by atoms with Crippen LogP contribution in [0.2, 0.25) is 0 Å². The zero-order chi connectivity index (χ0) is 12.1. The SMILES string of the molecule is C=C1C(C)=C(C)N2CC(C)(C)C=C2N1CC. The van der Waals surface area contributed by atoms with Crippen molar-refractivity contribution in [3.05, 3.63) is 35.4 Å². The van der Waals surface area contributed by atoms with Crippen molar-refractivity contribution in [1.29, 1.82) is 0 Å². The van der Waals surface area contributed by atoms with Crippen LogP contribution in [-0.4, -0.2) is 22.9 Å². The van der Waals surface area contributed by atoms with Gasteiger partial charge < -0.3 is 9.80 Å². The van der Waals surface area contributed by atoms with Crippen molar-refractivity contribution in [1.82, 2.24) is 9.80 Å². The summed E-state index contributed by atoms with van der Waals surface area (Å²) in [6.45, 7) is 17.4. The molecule has 0 saturated carbocycles. The van der Waals surface area contributed by atoms with E-state index in [2.05, 4.69) is 57.1 Å². The van der Waals surface area contributed by atoms with E-state index in [0.29, 0.717) is 0 Å². The first-order chi connectivity index (χ1) is 7.37. The first kappa shape index (κ1) is 11.3. The van der Waals surface area contributed by atoms with E-state index in [9.17, 15) is 0 Å². The third-order valence-electron chi connectivity index (χ3n) is 3.66. The van der Waals surface area contributed by atoms with Gasteiger partial charge in [0.25, 0.3) is 0 Å². The van der Waals surface area contributed by atoms with Gasteiger partial charge in [0.2, 0.25) is 0 Å². The van der Waals surface area contributed by atoms with Crippen LogP contribution in [0.5, 0.6) is 0 Å². The summed E-state index contributed by atoms with van der Waals surface area (Å²) in [7, 11) is 0. The highest BCUT2D eigenvalue weighted by Gasteiger charge is 2.36. The molecule has 2 aliphatic heterocycles. The monoisotopic (exact) mass is 218 g/mol. The summed E-state index contributed by atoms with van der Waals surface area (Å²) >= 11 is 0. The highest BCUT2D eigenvalue weighted by molar-refractivity contribution is 5.40. The van der Waals surface area contributed by atoms with Crippen LogP contribution in [0.3, 0.4) is 0 Å². The van der Waals surface area contributed by atoms with Crippen LogP contribution >= 0.6 is 0 Å². The van der Waals surface area contributed by atoms with Crippen LogP contribution in [0.25, 0.3) is 0 Å². The van der Waals surface area contributed by atoms with Crippen molar-refractivity contribution in [2.24, 2.45) is 5.41 Å². The summed E-state index contributed by atoms with van der Waals surface area (Å²) in [5, 5.41) is 0. The Hall–Kier alpha value is -1.18. The molecule has 0 unspecified atom stereocenters. The number of likely N-dealkylation sites (N-methyl/N-ethyl adjacent to an activating group) is 1. The molecule has 0 fully saturated rings. The fraction of sp³-hybridized carbons (Fsp3) is 0.571. The van der Waals surface area contributed by atoms with Crippen LogP contribution in [0.1, 0.15) is 34.6 Å². The molecule has 2 nitrogen and oxygen atoms in total. The van der Waals surface area contributed by atoms with Crippen LogP contribution in [0.15, 0.2) is 35.4 Å². The number of fused-ring (bicyclic) bond motifs is 1. The number of hydrogen-bond acceptors (Lipinski definition) is 2. The van der Waals surface area contributed by atoms with Gasteiger partial charge in [0.1, 0.15) is 5.82 Å². The van der Waals surface area contributed by atoms with E-state index in [-0.39, 0.29) is 5.41 Å². The second-order valence-corrected chi connectivity index (χ2v) is 5.48. The molecule has 0 spiro atoms. The van der Waals surface area contributed by atoms with Crippen molar-refractivity contribution in [3.8, 4) is 0 Å². The lowest BCUT2D eigenvalue weighted by molar-refractivity contribution is 0.267. The van der Waals surface area contributed by atoms with E-state index in [1.807, 2.05) is 0 Å². The second-order valence-electron chi connectivity index (χ2n) is 5.48. The second kappa shape index (κ2) is 3.41. The molecule has 0 radical (unpaired) electrons. The van der Waals surface area contributed by atoms with Crippen molar-refractivity contribution >= 4 is 0 Å². The highest BCUT2D eigenvalue weighted by atomic mass is 15.4. The van der Waals surface area contributed by atoms with Crippen LogP contribution in [0.4, 0.5) is 0 Å². The highest BCUT2D eigenvalue weighted by Crippen LogP contribution is 2.41. The van der Waals surface area contributed by atoms with Gasteiger partial charge in [-0.3, -0.25) is 0 Å². The van der Waals surface area contributed by atoms with E-state index in [1.54, 1.807) is 0 Å². The lowest BCUT2D eigenvalue weighted by Crippen LogP contribution is -2.37. The Balaban J connectivity index is 2.51. The molecule has 16 heavy (non-hydrogen) atoms. The van der Waals surface area contributed by atoms with Crippen molar-refractivity contribution in [2.75, 3.05) is 13.1 Å². The van der Waals surface area contributed by atoms with Crippen LogP contribution in [-0.2, 0) is 0 Å². The smallest absolute Gasteiger partial charge is 0.109 e. The van der Waals surface area contributed by atoms with Crippen molar-refractivity contribution < 1.29 is 0 Å². The zero-order valence-corrected chi connectivity index (χ0v) is 11.1. The molecule has 0 bridgehead atoms. The van der Waals surface area contributed by atoms with Crippen LogP contribution in [0, 0.1) is 5.41 Å². The number of allylic oxidation sites excluding steroid dienone is 2. The molecule has 0 amide bonds. The summed E-state index contributed by atoms with van der Waals surface area (Å²) in [6, 6.07) is 0. The van der Waals surface area contributed by atoms with E-state index < -0.39 is 0 Å². The summed E-state index contributed by atoms with van der Waals surface area (Å²) in [5.74, 6) is 1.32. The van der Waals surface area contributed by atoms with Gasteiger partial charge in [-0.05, 0) is 32.4 Å². The Labute approximate surface area is 98.9 Å². The van der Waals surface area contributed by atoms with Gasteiger partial charge in [0, 0.05) is 29.9 Å². The predicted octanol–water partition coefficient (Wildman–Crippen LogP) is 3.31. The predicted molar refractivity (Wildman–Crippen MR) is 68.5 cm³/mol. The summed E-state index contributed by atoms with van der Waals surface area (Å²) in [5.41, 5.74) is 4.08. The molecule has 0 aromatic heterocycles. The van der Waals surface area contributed by atoms with Gasteiger partial charge in [-0.2, -0.15) is 0 Å². The van der Waals surface area contributed by atoms with Crippen LogP contribution < -0.4 is 0 Å².